The van der Waals surface area contributed by atoms with Gasteiger partial charge in [0, 0.05) is 42.7 Å². The highest BCUT2D eigenvalue weighted by atomic mass is 35.5. The summed E-state index contributed by atoms with van der Waals surface area (Å²) in [6.07, 6.45) is -0.898. The maximum atomic E-state index is 13.7. The van der Waals surface area contributed by atoms with Gasteiger partial charge in [0.05, 0.1) is 0 Å². The Bertz CT molecular complexity index is 1550. The Balaban J connectivity index is 1.23. The summed E-state index contributed by atoms with van der Waals surface area (Å²) in [5.74, 6) is -0.866. The molecule has 1 heterocycles. The number of likely N-dealkylation sites (tertiary alicyclic amines) is 1. The molecule has 0 aromatic heterocycles. The predicted molar refractivity (Wildman–Crippen MR) is 175 cm³/mol. The highest BCUT2D eigenvalue weighted by Gasteiger charge is 2.45. The molecule has 46 heavy (non-hydrogen) atoms. The van der Waals surface area contributed by atoms with E-state index in [9.17, 15) is 19.2 Å². The van der Waals surface area contributed by atoms with Crippen LogP contribution in [-0.4, -0.2) is 72.8 Å². The van der Waals surface area contributed by atoms with Crippen LogP contribution >= 0.6 is 11.6 Å². The zero-order valence-electron chi connectivity index (χ0n) is 26.2. The number of piperidine rings is 1. The number of ether oxygens (including phenoxy) is 2. The molecule has 0 spiro atoms. The minimum absolute atomic E-state index is 0.0956. The number of nitrogens with one attached hydrogen (secondary N) is 3. The standard InChI is InChI=1S/C35H39ClN4O6/c1-34(2,3)46-33(44)40-20-16-35(17-21-40,31(42)38-19-18-37-30(41)23-12-14-24(36)15-13-23)39-32(43)45-22-29-27-10-6-4-8-25(27)26-9-5-7-11-28(26)29/h4-15,29H,16-22H2,1-3H3,(H,37,41)(H,38,42)(H,39,43). The molecule has 1 aliphatic heterocycles. The molecule has 1 aliphatic carbocycles. The molecule has 11 heteroatoms. The minimum atomic E-state index is -1.33. The zero-order chi connectivity index (χ0) is 32.9. The summed E-state index contributed by atoms with van der Waals surface area (Å²) in [4.78, 5) is 53.7. The molecule has 10 nitrogen and oxygen atoms in total. The lowest BCUT2D eigenvalue weighted by Gasteiger charge is -2.41. The number of fused-ring (bicyclic) bond motifs is 3. The lowest BCUT2D eigenvalue weighted by atomic mass is 9.86. The van der Waals surface area contributed by atoms with E-state index in [-0.39, 0.29) is 57.5 Å². The normalized spacial score (nSPS) is 15.3. The fourth-order valence-corrected chi connectivity index (χ4v) is 5.99. The van der Waals surface area contributed by atoms with Gasteiger partial charge in [0.25, 0.3) is 5.91 Å². The molecule has 3 aromatic carbocycles. The number of carbonyl (C=O) groups is 4. The zero-order valence-corrected chi connectivity index (χ0v) is 27.0. The summed E-state index contributed by atoms with van der Waals surface area (Å²) >= 11 is 5.90. The Morgan fingerprint density at radius 1 is 0.848 bits per heavy atom. The fourth-order valence-electron chi connectivity index (χ4n) is 5.86. The Hall–Kier alpha value is -4.57. The average molecular weight is 647 g/mol. The Morgan fingerprint density at radius 2 is 1.41 bits per heavy atom. The molecule has 0 atom stereocenters. The van der Waals surface area contributed by atoms with Crippen molar-refractivity contribution < 1.29 is 28.7 Å². The third-order valence-electron chi connectivity index (χ3n) is 8.19. The van der Waals surface area contributed by atoms with Crippen molar-refractivity contribution in [1.82, 2.24) is 20.9 Å². The molecule has 242 valence electrons. The Kier molecular flexibility index (Phi) is 9.86. The van der Waals surface area contributed by atoms with E-state index in [0.717, 1.165) is 22.3 Å². The van der Waals surface area contributed by atoms with Crippen LogP contribution in [0.1, 0.15) is 61.0 Å². The van der Waals surface area contributed by atoms with Crippen molar-refractivity contribution in [1.29, 1.82) is 0 Å². The summed E-state index contributed by atoms with van der Waals surface area (Å²) < 4.78 is 11.3. The van der Waals surface area contributed by atoms with Crippen LogP contribution in [0.2, 0.25) is 5.02 Å². The van der Waals surface area contributed by atoms with Gasteiger partial charge < -0.3 is 30.3 Å². The first-order chi connectivity index (χ1) is 22.0. The van der Waals surface area contributed by atoms with E-state index in [4.69, 9.17) is 21.1 Å². The molecule has 1 fully saturated rings. The largest absolute Gasteiger partial charge is 0.449 e. The van der Waals surface area contributed by atoms with Crippen LogP contribution in [0.15, 0.2) is 72.8 Å². The summed E-state index contributed by atoms with van der Waals surface area (Å²) in [5.41, 5.74) is 2.82. The van der Waals surface area contributed by atoms with Crippen LogP contribution in [0.4, 0.5) is 9.59 Å². The summed E-state index contributed by atoms with van der Waals surface area (Å²) in [6.45, 7) is 6.14. The summed E-state index contributed by atoms with van der Waals surface area (Å²) in [6, 6.07) is 22.6. The van der Waals surface area contributed by atoms with Gasteiger partial charge in [-0.25, -0.2) is 9.59 Å². The van der Waals surface area contributed by atoms with Crippen molar-refractivity contribution in [2.24, 2.45) is 0 Å². The molecule has 3 aromatic rings. The molecule has 3 N–H and O–H groups in total. The van der Waals surface area contributed by atoms with Crippen LogP contribution in [0, 0.1) is 0 Å². The van der Waals surface area contributed by atoms with Gasteiger partial charge in [-0.1, -0.05) is 60.1 Å². The molecule has 0 unspecified atom stereocenters. The quantitative estimate of drug-likeness (QED) is 0.278. The maximum absolute atomic E-state index is 13.7. The SMILES string of the molecule is CC(C)(C)OC(=O)N1CCC(NC(=O)OCC2c3ccccc3-c3ccccc32)(C(=O)NCCNC(=O)c2ccc(Cl)cc2)CC1. The molecule has 0 bridgehead atoms. The van der Waals surface area contributed by atoms with Crippen molar-refractivity contribution in [2.75, 3.05) is 32.8 Å². The van der Waals surface area contributed by atoms with E-state index in [1.54, 1.807) is 45.0 Å². The van der Waals surface area contributed by atoms with E-state index in [1.807, 2.05) is 36.4 Å². The number of alkyl carbamates (subject to hydrolysis) is 1. The predicted octanol–water partition coefficient (Wildman–Crippen LogP) is 5.49. The number of nitrogens with zero attached hydrogens (tertiary/aromatic N) is 1. The number of benzene rings is 3. The van der Waals surface area contributed by atoms with Crippen molar-refractivity contribution >= 4 is 35.6 Å². The van der Waals surface area contributed by atoms with Gasteiger partial charge in [-0.2, -0.15) is 0 Å². The number of hydrogen-bond donors (Lipinski definition) is 3. The third-order valence-corrected chi connectivity index (χ3v) is 8.44. The van der Waals surface area contributed by atoms with Gasteiger partial charge in [0.1, 0.15) is 17.7 Å². The van der Waals surface area contributed by atoms with Gasteiger partial charge in [-0.3, -0.25) is 9.59 Å². The van der Waals surface area contributed by atoms with Gasteiger partial charge in [0.2, 0.25) is 5.91 Å². The molecule has 4 amide bonds. The van der Waals surface area contributed by atoms with Gasteiger partial charge >= 0.3 is 12.2 Å². The van der Waals surface area contributed by atoms with Crippen LogP contribution < -0.4 is 16.0 Å². The van der Waals surface area contributed by atoms with E-state index in [2.05, 4.69) is 28.1 Å². The highest BCUT2D eigenvalue weighted by molar-refractivity contribution is 6.30. The van der Waals surface area contributed by atoms with E-state index in [1.165, 1.54) is 4.90 Å². The fraction of sp³-hybridized carbons (Fsp3) is 0.371. The van der Waals surface area contributed by atoms with Crippen molar-refractivity contribution in [3.05, 3.63) is 94.5 Å². The van der Waals surface area contributed by atoms with Gasteiger partial charge in [0.15, 0.2) is 0 Å². The molecule has 5 rings (SSSR count). The second-order valence-electron chi connectivity index (χ2n) is 12.5. The monoisotopic (exact) mass is 646 g/mol. The number of rotatable bonds is 8. The van der Waals surface area contributed by atoms with Crippen LogP contribution in [0.25, 0.3) is 11.1 Å². The highest BCUT2D eigenvalue weighted by Crippen LogP contribution is 2.44. The first-order valence-corrected chi connectivity index (χ1v) is 15.8. The molecular weight excluding hydrogens is 608 g/mol. The summed E-state index contributed by atoms with van der Waals surface area (Å²) in [5, 5.41) is 8.97. The van der Waals surface area contributed by atoms with Crippen molar-refractivity contribution in [2.45, 2.75) is 50.7 Å². The molecule has 1 saturated heterocycles. The van der Waals surface area contributed by atoms with Crippen LogP contribution in [0.5, 0.6) is 0 Å². The smallest absolute Gasteiger partial charge is 0.410 e. The minimum Gasteiger partial charge on any atom is -0.449 e. The lowest BCUT2D eigenvalue weighted by Crippen LogP contribution is -2.64. The van der Waals surface area contributed by atoms with Gasteiger partial charge in [-0.05, 0) is 80.1 Å². The van der Waals surface area contributed by atoms with Gasteiger partial charge in [-0.15, -0.1) is 0 Å². The third kappa shape index (κ3) is 7.62. The Labute approximate surface area is 273 Å². The topological polar surface area (TPSA) is 126 Å². The number of carbonyl (C=O) groups excluding carboxylic acids is 4. The molecule has 2 aliphatic rings. The molecular formula is C35H39ClN4O6. The van der Waals surface area contributed by atoms with Crippen LogP contribution in [0.3, 0.4) is 0 Å². The van der Waals surface area contributed by atoms with E-state index >= 15 is 0 Å². The van der Waals surface area contributed by atoms with Crippen molar-refractivity contribution in [3.8, 4) is 11.1 Å². The molecule has 0 radical (unpaired) electrons. The number of amides is 4. The van der Waals surface area contributed by atoms with E-state index in [0.29, 0.717) is 10.6 Å². The van der Waals surface area contributed by atoms with Crippen LogP contribution in [-0.2, 0) is 14.3 Å². The average Bonchev–Trinajstić information content (AvgIpc) is 3.35. The van der Waals surface area contributed by atoms with Crippen molar-refractivity contribution in [3.63, 3.8) is 0 Å². The second-order valence-corrected chi connectivity index (χ2v) is 13.0. The maximum Gasteiger partial charge on any atom is 0.410 e. The molecule has 0 saturated carbocycles. The lowest BCUT2D eigenvalue weighted by molar-refractivity contribution is -0.129. The Morgan fingerprint density at radius 3 is 2.00 bits per heavy atom. The van der Waals surface area contributed by atoms with E-state index < -0.39 is 29.2 Å². The first-order valence-electron chi connectivity index (χ1n) is 15.4. The first kappa shape index (κ1) is 32.8. The number of hydrogen-bond acceptors (Lipinski definition) is 6. The number of halogens is 1. The summed E-state index contributed by atoms with van der Waals surface area (Å²) in [7, 11) is 0. The second kappa shape index (κ2) is 13.8.